The standard InChI is InChI=1S/C15H20O4/c1-15(8-4-5-11(16)14(15)17)10-6-7-12(18-2)13(9-10)19-3/h6-7,9,11,16H,4-5,8H2,1-3H3. The van der Waals surface area contributed by atoms with Crippen molar-refractivity contribution in [2.75, 3.05) is 14.2 Å². The van der Waals surface area contributed by atoms with Crippen molar-refractivity contribution in [1.29, 1.82) is 0 Å². The molecule has 2 unspecified atom stereocenters. The second-order valence-corrected chi connectivity index (χ2v) is 5.17. The lowest BCUT2D eigenvalue weighted by Crippen LogP contribution is -2.43. The van der Waals surface area contributed by atoms with Crippen molar-refractivity contribution in [2.24, 2.45) is 0 Å². The topological polar surface area (TPSA) is 55.8 Å². The highest BCUT2D eigenvalue weighted by Gasteiger charge is 2.41. The summed E-state index contributed by atoms with van der Waals surface area (Å²) in [5.41, 5.74) is 0.228. The van der Waals surface area contributed by atoms with E-state index in [1.165, 1.54) is 0 Å². The second-order valence-electron chi connectivity index (χ2n) is 5.17. The number of ether oxygens (including phenoxy) is 2. The zero-order chi connectivity index (χ0) is 14.0. The fourth-order valence-electron chi connectivity index (χ4n) is 2.74. The van der Waals surface area contributed by atoms with Crippen molar-refractivity contribution in [3.05, 3.63) is 23.8 Å². The van der Waals surface area contributed by atoms with Crippen LogP contribution in [0.5, 0.6) is 11.5 Å². The summed E-state index contributed by atoms with van der Waals surface area (Å²) in [6, 6.07) is 5.50. The molecule has 0 amide bonds. The number of carbonyl (C=O) groups excluding carboxylic acids is 1. The summed E-state index contributed by atoms with van der Waals surface area (Å²) in [4.78, 5) is 12.3. The Morgan fingerprint density at radius 2 is 1.95 bits per heavy atom. The maximum atomic E-state index is 12.3. The molecule has 0 aromatic heterocycles. The smallest absolute Gasteiger partial charge is 0.171 e. The molecule has 1 fully saturated rings. The number of methoxy groups -OCH3 is 2. The van der Waals surface area contributed by atoms with Crippen molar-refractivity contribution in [1.82, 2.24) is 0 Å². The SMILES string of the molecule is COc1ccc(C2(C)CCCC(O)C2=O)cc1OC. The number of Topliss-reactive ketones (excluding diaryl/α,β-unsaturated/α-hetero) is 1. The Bertz CT molecular complexity index is 483. The first-order valence-corrected chi connectivity index (χ1v) is 6.48. The first-order chi connectivity index (χ1) is 9.02. The largest absolute Gasteiger partial charge is 0.493 e. The molecule has 104 valence electrons. The van der Waals surface area contributed by atoms with Gasteiger partial charge in [0.25, 0.3) is 0 Å². The number of aliphatic hydroxyl groups excluding tert-OH is 1. The van der Waals surface area contributed by atoms with E-state index in [0.717, 1.165) is 18.4 Å². The summed E-state index contributed by atoms with van der Waals surface area (Å²) in [5, 5.41) is 9.80. The van der Waals surface area contributed by atoms with Gasteiger partial charge < -0.3 is 14.6 Å². The average Bonchev–Trinajstić information content (AvgIpc) is 2.43. The molecule has 1 aliphatic carbocycles. The number of hydrogen-bond donors (Lipinski definition) is 1. The zero-order valence-electron chi connectivity index (χ0n) is 11.6. The van der Waals surface area contributed by atoms with Crippen LogP contribution in [0, 0.1) is 0 Å². The molecule has 1 aliphatic rings. The Hall–Kier alpha value is -1.55. The average molecular weight is 264 g/mol. The van der Waals surface area contributed by atoms with E-state index in [4.69, 9.17) is 9.47 Å². The van der Waals surface area contributed by atoms with E-state index in [1.54, 1.807) is 20.3 Å². The Labute approximate surface area is 113 Å². The molecule has 2 rings (SSSR count). The van der Waals surface area contributed by atoms with Crippen molar-refractivity contribution >= 4 is 5.78 Å². The Balaban J connectivity index is 2.42. The van der Waals surface area contributed by atoms with Gasteiger partial charge in [0.15, 0.2) is 17.3 Å². The molecule has 1 aromatic rings. The molecule has 0 bridgehead atoms. The number of ketones is 1. The third kappa shape index (κ3) is 2.32. The van der Waals surface area contributed by atoms with Crippen molar-refractivity contribution in [3.63, 3.8) is 0 Å². The minimum atomic E-state index is -0.855. The molecule has 0 spiro atoms. The summed E-state index contributed by atoms with van der Waals surface area (Å²) in [6.45, 7) is 1.89. The molecule has 1 aromatic carbocycles. The molecule has 4 heteroatoms. The van der Waals surface area contributed by atoms with Gasteiger partial charge >= 0.3 is 0 Å². The van der Waals surface area contributed by atoms with Crippen LogP contribution in [-0.4, -0.2) is 31.2 Å². The molecule has 1 saturated carbocycles. The summed E-state index contributed by atoms with van der Waals surface area (Å²) in [7, 11) is 3.15. The minimum absolute atomic E-state index is 0.106. The van der Waals surface area contributed by atoms with E-state index < -0.39 is 11.5 Å². The Morgan fingerprint density at radius 3 is 2.58 bits per heavy atom. The summed E-state index contributed by atoms with van der Waals surface area (Å²) >= 11 is 0. The zero-order valence-corrected chi connectivity index (χ0v) is 11.6. The fourth-order valence-corrected chi connectivity index (χ4v) is 2.74. The van der Waals surface area contributed by atoms with Gasteiger partial charge in [-0.2, -0.15) is 0 Å². The molecule has 0 heterocycles. The predicted molar refractivity (Wildman–Crippen MR) is 71.8 cm³/mol. The highest BCUT2D eigenvalue weighted by atomic mass is 16.5. The van der Waals surface area contributed by atoms with Gasteiger partial charge in [0.1, 0.15) is 6.10 Å². The molecular formula is C15H20O4. The van der Waals surface area contributed by atoms with Crippen LogP contribution in [0.1, 0.15) is 31.7 Å². The van der Waals surface area contributed by atoms with Crippen LogP contribution in [0.15, 0.2) is 18.2 Å². The normalized spacial score (nSPS) is 27.2. The summed E-state index contributed by atoms with van der Waals surface area (Å²) in [6.07, 6.45) is 1.30. The van der Waals surface area contributed by atoms with Crippen LogP contribution in [-0.2, 0) is 10.2 Å². The summed E-state index contributed by atoms with van der Waals surface area (Å²) in [5.74, 6) is 1.14. The Morgan fingerprint density at radius 1 is 1.26 bits per heavy atom. The van der Waals surface area contributed by atoms with E-state index >= 15 is 0 Å². The third-order valence-electron chi connectivity index (χ3n) is 4.02. The van der Waals surface area contributed by atoms with Crippen LogP contribution >= 0.6 is 0 Å². The fraction of sp³-hybridized carbons (Fsp3) is 0.533. The van der Waals surface area contributed by atoms with Gasteiger partial charge in [-0.1, -0.05) is 6.07 Å². The van der Waals surface area contributed by atoms with Crippen molar-refractivity contribution < 1.29 is 19.4 Å². The van der Waals surface area contributed by atoms with Crippen molar-refractivity contribution in [3.8, 4) is 11.5 Å². The van der Waals surface area contributed by atoms with Gasteiger partial charge in [0.2, 0.25) is 0 Å². The van der Waals surface area contributed by atoms with E-state index in [9.17, 15) is 9.90 Å². The van der Waals surface area contributed by atoms with Crippen LogP contribution in [0.25, 0.3) is 0 Å². The molecule has 4 nitrogen and oxygen atoms in total. The van der Waals surface area contributed by atoms with Crippen LogP contribution < -0.4 is 9.47 Å². The van der Waals surface area contributed by atoms with E-state index in [0.29, 0.717) is 17.9 Å². The quantitative estimate of drug-likeness (QED) is 0.908. The number of aliphatic hydroxyl groups is 1. The first kappa shape index (κ1) is 13.9. The molecule has 0 radical (unpaired) electrons. The van der Waals surface area contributed by atoms with Crippen molar-refractivity contribution in [2.45, 2.75) is 37.7 Å². The maximum Gasteiger partial charge on any atom is 0.171 e. The highest BCUT2D eigenvalue weighted by molar-refractivity contribution is 5.94. The summed E-state index contributed by atoms with van der Waals surface area (Å²) < 4.78 is 10.5. The van der Waals surface area contributed by atoms with Gasteiger partial charge in [-0.3, -0.25) is 4.79 Å². The molecular weight excluding hydrogens is 244 g/mol. The predicted octanol–water partition coefficient (Wildman–Crippen LogP) is 2.08. The number of hydrogen-bond acceptors (Lipinski definition) is 4. The van der Waals surface area contributed by atoms with Gasteiger partial charge in [-0.05, 0) is 43.9 Å². The lowest BCUT2D eigenvalue weighted by Gasteiger charge is -2.35. The third-order valence-corrected chi connectivity index (χ3v) is 4.02. The molecule has 19 heavy (non-hydrogen) atoms. The molecule has 2 atom stereocenters. The molecule has 0 aliphatic heterocycles. The minimum Gasteiger partial charge on any atom is -0.493 e. The first-order valence-electron chi connectivity index (χ1n) is 6.48. The number of carbonyl (C=O) groups is 1. The number of benzene rings is 1. The van der Waals surface area contributed by atoms with E-state index in [-0.39, 0.29) is 5.78 Å². The lowest BCUT2D eigenvalue weighted by molar-refractivity contribution is -0.135. The maximum absolute atomic E-state index is 12.3. The van der Waals surface area contributed by atoms with Gasteiger partial charge in [0.05, 0.1) is 19.6 Å². The molecule has 0 saturated heterocycles. The highest BCUT2D eigenvalue weighted by Crippen LogP contribution is 2.40. The number of rotatable bonds is 3. The van der Waals surface area contributed by atoms with Crippen LogP contribution in [0.4, 0.5) is 0 Å². The lowest BCUT2D eigenvalue weighted by atomic mass is 9.69. The van der Waals surface area contributed by atoms with Gasteiger partial charge in [-0.25, -0.2) is 0 Å². The molecule has 1 N–H and O–H groups in total. The van der Waals surface area contributed by atoms with E-state index in [1.807, 2.05) is 19.1 Å². The van der Waals surface area contributed by atoms with Gasteiger partial charge in [-0.15, -0.1) is 0 Å². The Kier molecular flexibility index (Phi) is 3.80. The van der Waals surface area contributed by atoms with Gasteiger partial charge in [0, 0.05) is 0 Å². The second kappa shape index (κ2) is 5.21. The van der Waals surface area contributed by atoms with Crippen LogP contribution in [0.3, 0.4) is 0 Å². The van der Waals surface area contributed by atoms with E-state index in [2.05, 4.69) is 0 Å². The monoisotopic (exact) mass is 264 g/mol. The van der Waals surface area contributed by atoms with Crippen LogP contribution in [0.2, 0.25) is 0 Å².